The Morgan fingerprint density at radius 1 is 0.634 bits per heavy atom. The van der Waals surface area contributed by atoms with E-state index in [1.54, 1.807) is 12.1 Å². The molecule has 0 radical (unpaired) electrons. The first-order valence-electron chi connectivity index (χ1n) is 15.5. The Hall–Kier alpha value is -1.90. The van der Waals surface area contributed by atoms with Gasteiger partial charge in [-0.25, -0.2) is 0 Å². The molecular formula is C33H48O6S2. The van der Waals surface area contributed by atoms with E-state index in [0.717, 1.165) is 80.9 Å². The second-order valence-electron chi connectivity index (χ2n) is 13.1. The normalized spacial score (nSPS) is 18.0. The minimum atomic E-state index is -4.53. The van der Waals surface area contributed by atoms with Gasteiger partial charge in [-0.1, -0.05) is 92.2 Å². The Morgan fingerprint density at radius 3 is 1.39 bits per heavy atom. The highest BCUT2D eigenvalue weighted by Gasteiger charge is 2.34. The first-order valence-corrected chi connectivity index (χ1v) is 18.3. The maximum Gasteiger partial charge on any atom is 0.339 e. The summed E-state index contributed by atoms with van der Waals surface area (Å²) in [6.07, 6.45) is 9.24. The predicted octanol–water partition coefficient (Wildman–Crippen LogP) is 9.17. The summed E-state index contributed by atoms with van der Waals surface area (Å²) in [5.74, 6) is 0.144. The molecule has 2 aromatic carbocycles. The molecular weight excluding hydrogens is 556 g/mol. The molecule has 2 fully saturated rings. The largest absolute Gasteiger partial charge is 0.379 e. The molecule has 2 aliphatic carbocycles. The molecule has 2 aromatic rings. The number of hydrogen-bond donors (Lipinski definition) is 1. The molecule has 0 unspecified atom stereocenters. The molecule has 2 saturated carbocycles. The van der Waals surface area contributed by atoms with Crippen molar-refractivity contribution < 1.29 is 25.6 Å². The van der Waals surface area contributed by atoms with Crippen LogP contribution in [0.4, 0.5) is 0 Å². The van der Waals surface area contributed by atoms with Crippen LogP contribution in [0.3, 0.4) is 0 Å². The van der Waals surface area contributed by atoms with Crippen molar-refractivity contribution in [1.82, 2.24) is 0 Å². The molecule has 4 rings (SSSR count). The fourth-order valence-corrected chi connectivity index (χ4v) is 9.42. The molecule has 0 aromatic heterocycles. The van der Waals surface area contributed by atoms with E-state index in [0.29, 0.717) is 11.1 Å². The zero-order chi connectivity index (χ0) is 30.1. The maximum absolute atomic E-state index is 14.2. The van der Waals surface area contributed by atoms with E-state index in [4.69, 9.17) is 4.18 Å². The Balaban J connectivity index is 1.92. The Labute approximate surface area is 248 Å². The van der Waals surface area contributed by atoms with Crippen molar-refractivity contribution in [3.05, 3.63) is 52.1 Å². The van der Waals surface area contributed by atoms with Crippen LogP contribution in [0.15, 0.2) is 34.1 Å². The quantitative estimate of drug-likeness (QED) is 0.226. The lowest BCUT2D eigenvalue weighted by Gasteiger charge is -2.29. The van der Waals surface area contributed by atoms with Gasteiger partial charge in [-0.15, -0.1) is 0 Å². The molecule has 0 aliphatic heterocycles. The van der Waals surface area contributed by atoms with E-state index in [1.807, 2.05) is 39.8 Å². The van der Waals surface area contributed by atoms with Gasteiger partial charge in [0.05, 0.1) is 0 Å². The van der Waals surface area contributed by atoms with Crippen LogP contribution in [-0.2, 0) is 20.2 Å². The van der Waals surface area contributed by atoms with Gasteiger partial charge in [0.1, 0.15) is 15.5 Å². The average molecular weight is 605 g/mol. The van der Waals surface area contributed by atoms with Crippen LogP contribution in [0, 0.1) is 0 Å². The van der Waals surface area contributed by atoms with Crippen LogP contribution >= 0.6 is 0 Å². The van der Waals surface area contributed by atoms with Crippen molar-refractivity contribution in [3.8, 4) is 5.75 Å². The minimum absolute atomic E-state index is 0.0203. The van der Waals surface area contributed by atoms with Gasteiger partial charge in [-0.05, 0) is 95.2 Å². The fourth-order valence-electron chi connectivity index (χ4n) is 6.77. The molecule has 0 amide bonds. The van der Waals surface area contributed by atoms with Crippen LogP contribution in [-0.4, -0.2) is 21.4 Å². The lowest BCUT2D eigenvalue weighted by Crippen LogP contribution is -2.19. The summed E-state index contributed by atoms with van der Waals surface area (Å²) in [4.78, 5) is 0.192. The summed E-state index contributed by atoms with van der Waals surface area (Å²) in [5.41, 5.74) is 3.56. The van der Waals surface area contributed by atoms with Crippen LogP contribution in [0.2, 0.25) is 0 Å². The van der Waals surface area contributed by atoms with Gasteiger partial charge >= 0.3 is 10.1 Å². The van der Waals surface area contributed by atoms with Gasteiger partial charge < -0.3 is 4.18 Å². The summed E-state index contributed by atoms with van der Waals surface area (Å²) in [6.45, 7) is 12.2. The first kappa shape index (κ1) is 32.0. The topological polar surface area (TPSA) is 97.7 Å². The summed E-state index contributed by atoms with van der Waals surface area (Å²) in [5, 5.41) is 0. The number of hydrogen-bond acceptors (Lipinski definition) is 5. The zero-order valence-corrected chi connectivity index (χ0v) is 27.2. The van der Waals surface area contributed by atoms with E-state index in [9.17, 15) is 21.4 Å². The lowest BCUT2D eigenvalue weighted by molar-refractivity contribution is 0.416. The highest BCUT2D eigenvalue weighted by atomic mass is 32.2. The van der Waals surface area contributed by atoms with Crippen molar-refractivity contribution in [2.45, 2.75) is 145 Å². The summed E-state index contributed by atoms with van der Waals surface area (Å²) in [7, 11) is -8.79. The molecule has 41 heavy (non-hydrogen) atoms. The van der Waals surface area contributed by atoms with Crippen LogP contribution in [0.5, 0.6) is 5.75 Å². The van der Waals surface area contributed by atoms with Crippen LogP contribution < -0.4 is 4.18 Å². The second kappa shape index (κ2) is 12.8. The Morgan fingerprint density at radius 2 is 1.05 bits per heavy atom. The molecule has 0 spiro atoms. The molecule has 0 bridgehead atoms. The van der Waals surface area contributed by atoms with E-state index < -0.39 is 20.2 Å². The fraction of sp³-hybridized carbons (Fsp3) is 0.636. The van der Waals surface area contributed by atoms with Crippen LogP contribution in [0.25, 0.3) is 0 Å². The van der Waals surface area contributed by atoms with Gasteiger partial charge in [0.2, 0.25) is 0 Å². The van der Waals surface area contributed by atoms with Crippen molar-refractivity contribution in [3.63, 3.8) is 0 Å². The Bertz CT molecular complexity index is 1370. The van der Waals surface area contributed by atoms with Gasteiger partial charge in [0.15, 0.2) is 0 Å². The minimum Gasteiger partial charge on any atom is -0.379 e. The van der Waals surface area contributed by atoms with Gasteiger partial charge in [-0.2, -0.15) is 16.8 Å². The van der Waals surface area contributed by atoms with Crippen molar-refractivity contribution in [2.75, 3.05) is 0 Å². The van der Waals surface area contributed by atoms with Gasteiger partial charge in [-0.3, -0.25) is 4.55 Å². The molecule has 2 aliphatic rings. The average Bonchev–Trinajstić information content (AvgIpc) is 2.91. The van der Waals surface area contributed by atoms with E-state index >= 15 is 0 Å². The molecule has 8 heteroatoms. The summed E-state index contributed by atoms with van der Waals surface area (Å²) < 4.78 is 70.7. The lowest BCUT2D eigenvalue weighted by atomic mass is 9.79. The number of benzene rings is 2. The highest BCUT2D eigenvalue weighted by molar-refractivity contribution is 7.87. The predicted molar refractivity (Wildman–Crippen MR) is 164 cm³/mol. The standard InChI is InChI=1S/C33H48O6S2/c1-21(2)26-17-28(22(3)4)33(29(18-26)23(5)6)41(37,38)39-27-19-30(24-13-9-7-10-14-24)32(40(34,35)36)31(20-27)25-15-11-8-12-16-25/h17-25H,7-16H2,1-6H3,(H,34,35,36). The number of rotatable bonds is 9. The van der Waals surface area contributed by atoms with Gasteiger partial charge in [0, 0.05) is 0 Å². The third kappa shape index (κ3) is 7.19. The highest BCUT2D eigenvalue weighted by Crippen LogP contribution is 2.45. The van der Waals surface area contributed by atoms with Crippen LogP contribution in [0.1, 0.15) is 163 Å². The molecule has 6 nitrogen and oxygen atoms in total. The first-order chi connectivity index (χ1) is 19.2. The third-order valence-corrected chi connectivity index (χ3v) is 11.4. The van der Waals surface area contributed by atoms with Crippen molar-refractivity contribution in [1.29, 1.82) is 0 Å². The molecule has 0 heterocycles. The summed E-state index contributed by atoms with van der Waals surface area (Å²) >= 11 is 0. The molecule has 1 N–H and O–H groups in total. The second-order valence-corrected chi connectivity index (χ2v) is 15.9. The zero-order valence-electron chi connectivity index (χ0n) is 25.6. The summed E-state index contributed by atoms with van der Waals surface area (Å²) in [6, 6.07) is 7.13. The molecule has 228 valence electrons. The third-order valence-electron chi connectivity index (χ3n) is 9.00. The van der Waals surface area contributed by atoms with E-state index in [-0.39, 0.29) is 45.1 Å². The van der Waals surface area contributed by atoms with E-state index in [1.165, 1.54) is 0 Å². The monoisotopic (exact) mass is 604 g/mol. The molecule has 0 atom stereocenters. The van der Waals surface area contributed by atoms with Crippen molar-refractivity contribution in [2.24, 2.45) is 0 Å². The van der Waals surface area contributed by atoms with Crippen molar-refractivity contribution >= 4 is 20.2 Å². The van der Waals surface area contributed by atoms with Gasteiger partial charge in [0.25, 0.3) is 10.1 Å². The maximum atomic E-state index is 14.2. The Kier molecular flexibility index (Phi) is 9.97. The SMILES string of the molecule is CC(C)c1cc(C(C)C)c(S(=O)(=O)Oc2cc(C3CCCCC3)c(S(=O)(=O)O)c(C3CCCCC3)c2)c(C(C)C)c1. The molecule has 0 saturated heterocycles. The smallest absolute Gasteiger partial charge is 0.339 e. The van der Waals surface area contributed by atoms with E-state index in [2.05, 4.69) is 13.8 Å².